The first-order valence-electron chi connectivity index (χ1n) is 4.17. The van der Waals surface area contributed by atoms with Gasteiger partial charge >= 0.3 is 0 Å². The fourth-order valence-corrected chi connectivity index (χ4v) is 0.998. The van der Waals surface area contributed by atoms with E-state index in [2.05, 4.69) is 20.8 Å². The Bertz CT molecular complexity index is 219. The van der Waals surface area contributed by atoms with Gasteiger partial charge in [-0.15, -0.1) is 0 Å². The Hall–Kier alpha value is -1.12. The van der Waals surface area contributed by atoms with Crippen molar-refractivity contribution in [2.45, 2.75) is 32.7 Å². The van der Waals surface area contributed by atoms with Crippen molar-refractivity contribution in [1.82, 2.24) is 5.06 Å². The molecular formula is C9H16N2O. The van der Waals surface area contributed by atoms with Crippen molar-refractivity contribution >= 4 is 0 Å². The van der Waals surface area contributed by atoms with Gasteiger partial charge in [-0.05, 0) is 32.4 Å². The maximum atomic E-state index is 5.75. The lowest BCUT2D eigenvalue weighted by Crippen LogP contribution is -2.44. The molecule has 0 atom stereocenters. The summed E-state index contributed by atoms with van der Waals surface area (Å²) in [6.07, 6.45) is 6.24. The van der Waals surface area contributed by atoms with Gasteiger partial charge in [0.15, 0.2) is 0 Å². The van der Waals surface area contributed by atoms with E-state index in [0.717, 1.165) is 6.42 Å². The van der Waals surface area contributed by atoms with E-state index in [9.17, 15) is 0 Å². The normalized spacial score (nSPS) is 17.2. The van der Waals surface area contributed by atoms with Crippen LogP contribution in [0.5, 0.6) is 0 Å². The molecule has 0 saturated heterocycles. The summed E-state index contributed by atoms with van der Waals surface area (Å²) in [6.45, 7) is 6.29. The Labute approximate surface area is 73.4 Å². The first-order chi connectivity index (χ1) is 5.58. The van der Waals surface area contributed by atoms with Gasteiger partial charge in [-0.1, -0.05) is 6.92 Å². The van der Waals surface area contributed by atoms with Crippen LogP contribution in [-0.2, 0) is 4.84 Å². The number of nitrogens with two attached hydrogens (primary N) is 1. The monoisotopic (exact) mass is 168 g/mol. The largest absolute Gasteiger partial charge is 0.385 e. The molecule has 1 rings (SSSR count). The molecular weight excluding hydrogens is 152 g/mol. The molecule has 0 amide bonds. The van der Waals surface area contributed by atoms with E-state index >= 15 is 0 Å². The third-order valence-corrected chi connectivity index (χ3v) is 2.16. The van der Waals surface area contributed by atoms with Crippen molar-refractivity contribution in [3.8, 4) is 0 Å². The maximum Gasteiger partial charge on any atom is 0.135 e. The molecule has 0 aromatic rings. The molecule has 68 valence electrons. The number of allylic oxidation sites excluding steroid dienone is 2. The second kappa shape index (κ2) is 3.09. The molecule has 1 aliphatic heterocycles. The van der Waals surface area contributed by atoms with Crippen LogP contribution >= 0.6 is 0 Å². The molecule has 0 fully saturated rings. The van der Waals surface area contributed by atoms with Crippen LogP contribution < -0.4 is 5.73 Å². The lowest BCUT2D eigenvalue weighted by molar-refractivity contribution is -0.144. The van der Waals surface area contributed by atoms with Crippen molar-refractivity contribution in [1.29, 1.82) is 0 Å². The second-order valence-corrected chi connectivity index (χ2v) is 3.49. The average molecular weight is 168 g/mol. The Morgan fingerprint density at radius 3 is 2.75 bits per heavy atom. The maximum absolute atomic E-state index is 5.75. The van der Waals surface area contributed by atoms with E-state index in [1.807, 2.05) is 6.08 Å². The number of hydrogen-bond acceptors (Lipinski definition) is 3. The quantitative estimate of drug-likeness (QED) is 0.682. The van der Waals surface area contributed by atoms with Crippen molar-refractivity contribution < 1.29 is 4.84 Å². The van der Waals surface area contributed by atoms with Crippen LogP contribution in [0.2, 0.25) is 0 Å². The molecule has 0 unspecified atom stereocenters. The molecule has 0 bridgehead atoms. The number of nitrogens with zero attached hydrogens (tertiary/aromatic N) is 1. The molecule has 1 heterocycles. The van der Waals surface area contributed by atoms with E-state index in [1.165, 1.54) is 0 Å². The molecule has 1 aliphatic rings. The highest BCUT2D eigenvalue weighted by atomic mass is 16.7. The van der Waals surface area contributed by atoms with Crippen molar-refractivity contribution in [3.63, 3.8) is 0 Å². The van der Waals surface area contributed by atoms with Crippen molar-refractivity contribution in [2.75, 3.05) is 0 Å². The van der Waals surface area contributed by atoms with E-state index < -0.39 is 0 Å². The second-order valence-electron chi connectivity index (χ2n) is 3.49. The lowest BCUT2D eigenvalue weighted by atomic mass is 10.0. The summed E-state index contributed by atoms with van der Waals surface area (Å²) >= 11 is 0. The minimum absolute atomic E-state index is 0.0503. The van der Waals surface area contributed by atoms with Gasteiger partial charge in [0.25, 0.3) is 0 Å². The first-order valence-corrected chi connectivity index (χ1v) is 4.17. The molecule has 0 aliphatic carbocycles. The molecule has 0 aromatic heterocycles. The molecule has 3 nitrogen and oxygen atoms in total. The first kappa shape index (κ1) is 8.97. The highest BCUT2D eigenvalue weighted by molar-refractivity contribution is 5.11. The topological polar surface area (TPSA) is 38.5 Å². The zero-order chi connectivity index (χ0) is 9.19. The standard InChI is InChI=1S/C9H16N2O/c1-4-9(2,3)11-8(10)6-5-7-12-11/h5-7H,4,10H2,1-3H3. The molecule has 0 saturated carbocycles. The predicted octanol–water partition coefficient (Wildman–Crippen LogP) is 1.74. The summed E-state index contributed by atoms with van der Waals surface area (Å²) < 4.78 is 0. The van der Waals surface area contributed by atoms with Gasteiger partial charge < -0.3 is 10.6 Å². The smallest absolute Gasteiger partial charge is 0.135 e. The average Bonchev–Trinajstić information content (AvgIpc) is 2.05. The zero-order valence-electron chi connectivity index (χ0n) is 7.87. The van der Waals surface area contributed by atoms with E-state index in [1.54, 1.807) is 17.4 Å². The van der Waals surface area contributed by atoms with Gasteiger partial charge in [0.05, 0.1) is 5.54 Å². The molecule has 3 heteroatoms. The fraction of sp³-hybridized carbons (Fsp3) is 0.556. The summed E-state index contributed by atoms with van der Waals surface area (Å²) in [4.78, 5) is 5.31. The summed E-state index contributed by atoms with van der Waals surface area (Å²) in [6, 6.07) is 0. The SMILES string of the molecule is CCC(C)(C)N1OC=CC=C1N. The van der Waals surface area contributed by atoms with Crippen LogP contribution in [0.15, 0.2) is 24.2 Å². The summed E-state index contributed by atoms with van der Waals surface area (Å²) in [7, 11) is 0. The van der Waals surface area contributed by atoms with Gasteiger partial charge in [-0.2, -0.15) is 5.06 Å². The summed E-state index contributed by atoms with van der Waals surface area (Å²) in [5.74, 6) is 0.657. The molecule has 0 spiro atoms. The number of rotatable bonds is 2. The van der Waals surface area contributed by atoms with Gasteiger partial charge in [0, 0.05) is 0 Å². The van der Waals surface area contributed by atoms with E-state index in [0.29, 0.717) is 5.82 Å². The number of hydrogen-bond donors (Lipinski definition) is 1. The van der Waals surface area contributed by atoms with Crippen LogP contribution in [0.4, 0.5) is 0 Å². The molecule has 2 N–H and O–H groups in total. The zero-order valence-corrected chi connectivity index (χ0v) is 7.87. The highest BCUT2D eigenvalue weighted by Crippen LogP contribution is 2.23. The molecule has 0 aromatic carbocycles. The van der Waals surface area contributed by atoms with Crippen LogP contribution in [0.1, 0.15) is 27.2 Å². The molecule has 0 radical (unpaired) electrons. The Morgan fingerprint density at radius 2 is 2.25 bits per heavy atom. The minimum Gasteiger partial charge on any atom is -0.385 e. The summed E-state index contributed by atoms with van der Waals surface area (Å²) in [5.41, 5.74) is 5.70. The van der Waals surface area contributed by atoms with Gasteiger partial charge in [-0.25, -0.2) is 0 Å². The highest BCUT2D eigenvalue weighted by Gasteiger charge is 2.27. The fourth-order valence-electron chi connectivity index (χ4n) is 0.998. The van der Waals surface area contributed by atoms with Crippen LogP contribution in [-0.4, -0.2) is 10.6 Å². The van der Waals surface area contributed by atoms with Crippen LogP contribution in [0.25, 0.3) is 0 Å². The Balaban J connectivity index is 2.77. The van der Waals surface area contributed by atoms with Gasteiger partial charge in [-0.3, -0.25) is 0 Å². The van der Waals surface area contributed by atoms with Crippen molar-refractivity contribution in [2.24, 2.45) is 5.73 Å². The van der Waals surface area contributed by atoms with Crippen molar-refractivity contribution in [3.05, 3.63) is 24.2 Å². The Kier molecular flexibility index (Phi) is 2.31. The van der Waals surface area contributed by atoms with E-state index in [4.69, 9.17) is 10.6 Å². The predicted molar refractivity (Wildman–Crippen MR) is 48.7 cm³/mol. The molecule has 12 heavy (non-hydrogen) atoms. The lowest BCUT2D eigenvalue weighted by Gasteiger charge is -2.38. The third kappa shape index (κ3) is 1.55. The minimum atomic E-state index is -0.0503. The third-order valence-electron chi connectivity index (χ3n) is 2.16. The van der Waals surface area contributed by atoms with Gasteiger partial charge in [0.1, 0.15) is 12.1 Å². The van der Waals surface area contributed by atoms with Crippen LogP contribution in [0.3, 0.4) is 0 Å². The van der Waals surface area contributed by atoms with Gasteiger partial charge in [0.2, 0.25) is 0 Å². The summed E-state index contributed by atoms with van der Waals surface area (Å²) in [5, 5.41) is 1.73. The van der Waals surface area contributed by atoms with Crippen LogP contribution in [0, 0.1) is 0 Å². The van der Waals surface area contributed by atoms with E-state index in [-0.39, 0.29) is 5.54 Å². The Morgan fingerprint density at radius 1 is 1.58 bits per heavy atom. The number of hydroxylamine groups is 2.